The molecule has 0 aliphatic heterocycles. The first-order chi connectivity index (χ1) is 13.5. The number of fused-ring (bicyclic) bond motifs is 1. The summed E-state index contributed by atoms with van der Waals surface area (Å²) in [6.07, 6.45) is 0. The second-order valence-electron chi connectivity index (χ2n) is 6.07. The zero-order valence-corrected chi connectivity index (χ0v) is 17.1. The van der Waals surface area contributed by atoms with E-state index in [9.17, 15) is 9.59 Å². The van der Waals surface area contributed by atoms with Crippen LogP contribution in [0, 0.1) is 0 Å². The number of halogens is 1. The van der Waals surface area contributed by atoms with Gasteiger partial charge in [0.15, 0.2) is 5.16 Å². The van der Waals surface area contributed by atoms with Gasteiger partial charge in [0, 0.05) is 18.7 Å². The first-order valence-electron chi connectivity index (χ1n) is 8.72. The van der Waals surface area contributed by atoms with Gasteiger partial charge in [0.05, 0.1) is 28.4 Å². The van der Waals surface area contributed by atoms with Crippen LogP contribution >= 0.6 is 23.4 Å². The average molecular weight is 418 g/mol. The number of hydrogen-bond acceptors (Lipinski definition) is 5. The van der Waals surface area contributed by atoms with Crippen molar-refractivity contribution in [1.82, 2.24) is 14.9 Å². The van der Waals surface area contributed by atoms with Gasteiger partial charge in [0.1, 0.15) is 0 Å². The molecule has 1 aromatic heterocycles. The Morgan fingerprint density at radius 1 is 1.25 bits per heavy atom. The number of nitrogens with zero attached hydrogens (tertiary/aromatic N) is 2. The normalized spacial score (nSPS) is 12.1. The highest BCUT2D eigenvalue weighted by Gasteiger charge is 2.20. The second kappa shape index (κ2) is 9.23. The van der Waals surface area contributed by atoms with Crippen LogP contribution in [0.25, 0.3) is 16.6 Å². The Kier molecular flexibility index (Phi) is 6.72. The highest BCUT2D eigenvalue weighted by Crippen LogP contribution is 2.25. The van der Waals surface area contributed by atoms with Crippen LogP contribution in [0.2, 0.25) is 5.02 Å². The Labute approximate surface area is 171 Å². The van der Waals surface area contributed by atoms with Crippen molar-refractivity contribution in [2.24, 2.45) is 0 Å². The number of carbonyl (C=O) groups excluding carboxylic acids is 1. The molecule has 0 spiro atoms. The van der Waals surface area contributed by atoms with Crippen molar-refractivity contribution in [2.45, 2.75) is 17.3 Å². The van der Waals surface area contributed by atoms with Crippen LogP contribution in [0.1, 0.15) is 6.92 Å². The summed E-state index contributed by atoms with van der Waals surface area (Å²) < 4.78 is 6.47. The number of methoxy groups -OCH3 is 1. The molecule has 146 valence electrons. The SMILES string of the molecule is COCCNC(=O)[C@H](C)Sc1nc2ccccc2c(=O)n1-c1ccc(Cl)cc1. The van der Waals surface area contributed by atoms with Gasteiger partial charge in [0.25, 0.3) is 5.56 Å². The zero-order valence-electron chi connectivity index (χ0n) is 15.5. The largest absolute Gasteiger partial charge is 0.383 e. The van der Waals surface area contributed by atoms with Crippen molar-refractivity contribution in [1.29, 1.82) is 0 Å². The lowest BCUT2D eigenvalue weighted by Crippen LogP contribution is -2.34. The predicted molar refractivity (Wildman–Crippen MR) is 113 cm³/mol. The van der Waals surface area contributed by atoms with Crippen LogP contribution < -0.4 is 10.9 Å². The topological polar surface area (TPSA) is 73.2 Å². The van der Waals surface area contributed by atoms with E-state index in [1.165, 1.54) is 16.3 Å². The molecular formula is C20H20ClN3O3S. The van der Waals surface area contributed by atoms with Crippen molar-refractivity contribution in [2.75, 3.05) is 20.3 Å². The van der Waals surface area contributed by atoms with E-state index >= 15 is 0 Å². The van der Waals surface area contributed by atoms with Gasteiger partial charge in [0.2, 0.25) is 5.91 Å². The smallest absolute Gasteiger partial charge is 0.266 e. The number of aromatic nitrogens is 2. The molecule has 1 amide bonds. The van der Waals surface area contributed by atoms with Crippen LogP contribution in [-0.4, -0.2) is 41.0 Å². The highest BCUT2D eigenvalue weighted by molar-refractivity contribution is 8.00. The molecule has 0 aliphatic carbocycles. The Hall–Kier alpha value is -2.35. The molecule has 0 radical (unpaired) electrons. The lowest BCUT2D eigenvalue weighted by atomic mass is 10.2. The number of ether oxygens (including phenoxy) is 1. The van der Waals surface area contributed by atoms with E-state index < -0.39 is 5.25 Å². The fourth-order valence-electron chi connectivity index (χ4n) is 2.64. The Balaban J connectivity index is 2.02. The monoisotopic (exact) mass is 417 g/mol. The van der Waals surface area contributed by atoms with Gasteiger partial charge in [-0.2, -0.15) is 0 Å². The molecule has 3 rings (SSSR count). The first kappa shape index (κ1) is 20.4. The van der Waals surface area contributed by atoms with E-state index in [1.54, 1.807) is 56.5 Å². The van der Waals surface area contributed by atoms with Crippen LogP contribution in [0.5, 0.6) is 0 Å². The van der Waals surface area contributed by atoms with Gasteiger partial charge in [-0.05, 0) is 43.3 Å². The molecule has 2 aromatic carbocycles. The van der Waals surface area contributed by atoms with Crippen LogP contribution in [0.3, 0.4) is 0 Å². The molecule has 1 atom stereocenters. The molecule has 0 bridgehead atoms. The van der Waals surface area contributed by atoms with E-state index in [4.69, 9.17) is 16.3 Å². The summed E-state index contributed by atoms with van der Waals surface area (Å²) in [6, 6.07) is 14.1. The lowest BCUT2D eigenvalue weighted by Gasteiger charge is -2.16. The molecule has 0 unspecified atom stereocenters. The number of carbonyl (C=O) groups is 1. The Morgan fingerprint density at radius 3 is 2.68 bits per heavy atom. The van der Waals surface area contributed by atoms with Crippen molar-refractivity contribution >= 4 is 40.2 Å². The number of para-hydroxylation sites is 1. The molecule has 0 fully saturated rings. The highest BCUT2D eigenvalue weighted by atomic mass is 35.5. The maximum atomic E-state index is 13.2. The van der Waals surface area contributed by atoms with Gasteiger partial charge in [-0.3, -0.25) is 14.2 Å². The minimum atomic E-state index is -0.441. The minimum Gasteiger partial charge on any atom is -0.383 e. The van der Waals surface area contributed by atoms with Crippen LogP contribution in [0.15, 0.2) is 58.5 Å². The minimum absolute atomic E-state index is 0.146. The summed E-state index contributed by atoms with van der Waals surface area (Å²) in [5.41, 5.74) is 1.04. The second-order valence-corrected chi connectivity index (χ2v) is 7.82. The number of nitrogens with one attached hydrogen (secondary N) is 1. The molecule has 3 aromatic rings. The van der Waals surface area contributed by atoms with Crippen LogP contribution in [0.4, 0.5) is 0 Å². The van der Waals surface area contributed by atoms with E-state index in [-0.39, 0.29) is 11.5 Å². The summed E-state index contributed by atoms with van der Waals surface area (Å²) in [7, 11) is 1.58. The maximum absolute atomic E-state index is 13.2. The number of thioether (sulfide) groups is 1. The third-order valence-corrected chi connectivity index (χ3v) is 5.39. The Bertz CT molecular complexity index is 1040. The third kappa shape index (κ3) is 4.55. The number of amides is 1. The number of hydrogen-bond donors (Lipinski definition) is 1. The fourth-order valence-corrected chi connectivity index (χ4v) is 3.72. The molecule has 0 aliphatic rings. The molecule has 28 heavy (non-hydrogen) atoms. The molecule has 1 heterocycles. The maximum Gasteiger partial charge on any atom is 0.266 e. The summed E-state index contributed by atoms with van der Waals surface area (Å²) in [6.45, 7) is 2.64. The lowest BCUT2D eigenvalue weighted by molar-refractivity contribution is -0.120. The molecule has 6 nitrogen and oxygen atoms in total. The quantitative estimate of drug-likeness (QED) is 0.363. The summed E-state index contributed by atoms with van der Waals surface area (Å²) >= 11 is 7.22. The molecule has 1 N–H and O–H groups in total. The fraction of sp³-hybridized carbons (Fsp3) is 0.250. The summed E-state index contributed by atoms with van der Waals surface area (Å²) in [5.74, 6) is -0.146. The third-order valence-electron chi connectivity index (χ3n) is 4.09. The van der Waals surface area contributed by atoms with Gasteiger partial charge < -0.3 is 10.1 Å². The number of benzene rings is 2. The average Bonchev–Trinajstić information content (AvgIpc) is 2.69. The molecule has 0 saturated carbocycles. The van der Waals surface area contributed by atoms with Gasteiger partial charge in [-0.25, -0.2) is 4.98 Å². The van der Waals surface area contributed by atoms with Crippen molar-refractivity contribution in [3.63, 3.8) is 0 Å². The van der Waals surface area contributed by atoms with E-state index in [0.29, 0.717) is 39.9 Å². The van der Waals surface area contributed by atoms with Crippen molar-refractivity contribution in [3.05, 3.63) is 63.9 Å². The standard InChI is InChI=1S/C20H20ClN3O3S/c1-13(18(25)22-11-12-27-2)28-20-23-17-6-4-3-5-16(17)19(26)24(20)15-9-7-14(21)8-10-15/h3-10,13H,11-12H2,1-2H3,(H,22,25)/t13-/m0/s1. The predicted octanol–water partition coefficient (Wildman–Crippen LogP) is 3.28. The van der Waals surface area contributed by atoms with E-state index in [1.807, 2.05) is 6.07 Å². The zero-order chi connectivity index (χ0) is 20.1. The van der Waals surface area contributed by atoms with Crippen LogP contribution in [-0.2, 0) is 9.53 Å². The summed E-state index contributed by atoms with van der Waals surface area (Å²) in [4.78, 5) is 30.1. The van der Waals surface area contributed by atoms with Gasteiger partial charge in [-0.1, -0.05) is 35.5 Å². The van der Waals surface area contributed by atoms with E-state index in [0.717, 1.165) is 0 Å². The first-order valence-corrected chi connectivity index (χ1v) is 9.98. The van der Waals surface area contributed by atoms with Crippen molar-refractivity contribution in [3.8, 4) is 5.69 Å². The molecular weight excluding hydrogens is 398 g/mol. The number of rotatable bonds is 7. The van der Waals surface area contributed by atoms with Gasteiger partial charge in [-0.15, -0.1) is 0 Å². The molecule has 8 heteroatoms. The Morgan fingerprint density at radius 2 is 1.96 bits per heavy atom. The van der Waals surface area contributed by atoms with Gasteiger partial charge >= 0.3 is 0 Å². The van der Waals surface area contributed by atoms with E-state index in [2.05, 4.69) is 10.3 Å². The summed E-state index contributed by atoms with van der Waals surface area (Å²) in [5, 5.41) is 3.90. The molecule has 0 saturated heterocycles. The van der Waals surface area contributed by atoms with Crippen molar-refractivity contribution < 1.29 is 9.53 Å².